The number of fused-ring (bicyclic) bond motifs is 1. The molecule has 8 nitrogen and oxygen atoms in total. The van der Waals surface area contributed by atoms with E-state index in [1.165, 1.54) is 4.57 Å². The molecule has 1 aliphatic heterocycles. The summed E-state index contributed by atoms with van der Waals surface area (Å²) in [7, 11) is 0. The third-order valence-electron chi connectivity index (χ3n) is 4.63. The second kappa shape index (κ2) is 7.22. The maximum Gasteiger partial charge on any atom is 0.420 e. The minimum absolute atomic E-state index is 0.0983. The molecule has 3 aromatic rings. The van der Waals surface area contributed by atoms with Crippen molar-refractivity contribution in [2.24, 2.45) is 0 Å². The second-order valence-electron chi connectivity index (χ2n) is 6.69. The van der Waals surface area contributed by atoms with Crippen LogP contribution < -0.4 is 16.0 Å². The van der Waals surface area contributed by atoms with E-state index < -0.39 is 5.76 Å². The van der Waals surface area contributed by atoms with Gasteiger partial charge in [-0.2, -0.15) is 0 Å². The minimum Gasteiger partial charge on any atom is -0.408 e. The largest absolute Gasteiger partial charge is 0.420 e. The van der Waals surface area contributed by atoms with Gasteiger partial charge in [-0.1, -0.05) is 12.1 Å². The van der Waals surface area contributed by atoms with Crippen molar-refractivity contribution >= 4 is 23.0 Å². The normalized spacial score (nSPS) is 14.0. The lowest BCUT2D eigenvalue weighted by atomic mass is 10.3. The Bertz CT molecular complexity index is 1030. The van der Waals surface area contributed by atoms with Gasteiger partial charge >= 0.3 is 5.76 Å². The first-order chi connectivity index (χ1) is 13.1. The number of anilines is 1. The van der Waals surface area contributed by atoms with Crippen LogP contribution >= 0.6 is 0 Å². The number of para-hydroxylation sites is 2. The quantitative estimate of drug-likeness (QED) is 0.736. The van der Waals surface area contributed by atoms with Gasteiger partial charge in [0.1, 0.15) is 6.54 Å². The Labute approximate surface area is 155 Å². The molecule has 0 atom stereocenters. The smallest absolute Gasteiger partial charge is 0.408 e. The highest BCUT2D eigenvalue weighted by molar-refractivity contribution is 5.79. The Morgan fingerprint density at radius 2 is 2.00 bits per heavy atom. The van der Waals surface area contributed by atoms with Crippen molar-refractivity contribution in [3.8, 4) is 0 Å². The van der Waals surface area contributed by atoms with Crippen LogP contribution in [0.1, 0.15) is 24.2 Å². The number of hydrogen-bond acceptors (Lipinski definition) is 6. The Kier molecular flexibility index (Phi) is 4.62. The number of carbonyl (C=O) groups excluding carboxylic acids is 1. The van der Waals surface area contributed by atoms with Gasteiger partial charge in [-0.3, -0.25) is 9.36 Å². The number of benzene rings is 1. The van der Waals surface area contributed by atoms with Crippen molar-refractivity contribution in [1.29, 1.82) is 0 Å². The molecule has 8 heteroatoms. The molecule has 0 radical (unpaired) electrons. The van der Waals surface area contributed by atoms with Gasteiger partial charge in [0, 0.05) is 18.8 Å². The summed E-state index contributed by atoms with van der Waals surface area (Å²) in [6.45, 7) is 4.04. The van der Waals surface area contributed by atoms with E-state index in [9.17, 15) is 9.59 Å². The molecule has 1 aromatic carbocycles. The number of nitrogens with one attached hydrogen (secondary N) is 1. The van der Waals surface area contributed by atoms with E-state index in [2.05, 4.69) is 20.2 Å². The lowest BCUT2D eigenvalue weighted by molar-refractivity contribution is -0.121. The zero-order valence-electron chi connectivity index (χ0n) is 15.1. The molecule has 0 aliphatic carbocycles. The van der Waals surface area contributed by atoms with Gasteiger partial charge in [0.2, 0.25) is 11.9 Å². The molecule has 1 fully saturated rings. The molecule has 4 rings (SSSR count). The molecular formula is C19H21N5O3. The van der Waals surface area contributed by atoms with Crippen LogP contribution in [0.5, 0.6) is 0 Å². The lowest BCUT2D eigenvalue weighted by Gasteiger charge is -2.16. The van der Waals surface area contributed by atoms with Crippen molar-refractivity contribution in [2.75, 3.05) is 18.0 Å². The summed E-state index contributed by atoms with van der Waals surface area (Å²) in [6, 6.07) is 8.90. The number of carbonyl (C=O) groups is 1. The Morgan fingerprint density at radius 1 is 1.22 bits per heavy atom. The highest BCUT2D eigenvalue weighted by atomic mass is 16.4. The fraction of sp³-hybridized carbons (Fsp3) is 0.368. The van der Waals surface area contributed by atoms with Crippen LogP contribution in [-0.2, 0) is 17.9 Å². The van der Waals surface area contributed by atoms with E-state index in [1.54, 1.807) is 24.3 Å². The summed E-state index contributed by atoms with van der Waals surface area (Å²) < 4.78 is 6.48. The van der Waals surface area contributed by atoms with Gasteiger partial charge in [-0.25, -0.2) is 14.8 Å². The van der Waals surface area contributed by atoms with Crippen LogP contribution in [0.25, 0.3) is 11.1 Å². The first-order valence-electron chi connectivity index (χ1n) is 9.05. The monoisotopic (exact) mass is 367 g/mol. The second-order valence-corrected chi connectivity index (χ2v) is 6.69. The summed E-state index contributed by atoms with van der Waals surface area (Å²) in [5.74, 6) is -0.100. The van der Waals surface area contributed by atoms with E-state index in [0.717, 1.165) is 37.3 Å². The third-order valence-corrected chi connectivity index (χ3v) is 4.63. The highest BCUT2D eigenvalue weighted by Crippen LogP contribution is 2.16. The van der Waals surface area contributed by atoms with Crippen molar-refractivity contribution in [3.05, 3.63) is 52.3 Å². The molecule has 27 heavy (non-hydrogen) atoms. The van der Waals surface area contributed by atoms with Gasteiger partial charge in [-0.15, -0.1) is 0 Å². The summed E-state index contributed by atoms with van der Waals surface area (Å²) in [5, 5.41) is 2.83. The van der Waals surface area contributed by atoms with Gasteiger partial charge < -0.3 is 14.6 Å². The van der Waals surface area contributed by atoms with Crippen LogP contribution in [0.4, 0.5) is 5.95 Å². The SMILES string of the molecule is Cc1cc(CNC(=O)Cn2c(=O)oc3ccccc32)nc(N2CCCC2)n1. The molecule has 0 saturated carbocycles. The predicted octanol–water partition coefficient (Wildman–Crippen LogP) is 1.61. The first-order valence-corrected chi connectivity index (χ1v) is 9.05. The Morgan fingerprint density at radius 3 is 2.81 bits per heavy atom. The molecular weight excluding hydrogens is 346 g/mol. The molecule has 0 unspecified atom stereocenters. The molecule has 3 heterocycles. The zero-order chi connectivity index (χ0) is 18.8. The first kappa shape index (κ1) is 17.3. The average molecular weight is 367 g/mol. The van der Waals surface area contributed by atoms with Gasteiger partial charge in [0.05, 0.1) is 17.8 Å². The van der Waals surface area contributed by atoms with Crippen molar-refractivity contribution in [3.63, 3.8) is 0 Å². The third kappa shape index (κ3) is 3.69. The molecule has 0 spiro atoms. The predicted molar refractivity (Wildman–Crippen MR) is 101 cm³/mol. The van der Waals surface area contributed by atoms with Crippen molar-refractivity contribution in [1.82, 2.24) is 19.9 Å². The maximum absolute atomic E-state index is 12.3. The van der Waals surface area contributed by atoms with Gasteiger partial charge in [0.25, 0.3) is 0 Å². The summed E-state index contributed by atoms with van der Waals surface area (Å²) in [5.41, 5.74) is 2.69. The Balaban J connectivity index is 1.45. The molecule has 1 amide bonds. The summed E-state index contributed by atoms with van der Waals surface area (Å²) in [6.07, 6.45) is 2.30. The lowest BCUT2D eigenvalue weighted by Crippen LogP contribution is -2.31. The van der Waals surface area contributed by atoms with E-state index in [0.29, 0.717) is 17.0 Å². The summed E-state index contributed by atoms with van der Waals surface area (Å²) >= 11 is 0. The average Bonchev–Trinajstić information content (AvgIpc) is 3.29. The Hall–Kier alpha value is -3.16. The van der Waals surface area contributed by atoms with Crippen LogP contribution in [0.15, 0.2) is 39.5 Å². The topological polar surface area (TPSA) is 93.3 Å². The number of aryl methyl sites for hydroxylation is 1. The maximum atomic E-state index is 12.3. The van der Waals surface area contributed by atoms with E-state index in [-0.39, 0.29) is 19.0 Å². The van der Waals surface area contributed by atoms with E-state index in [1.807, 2.05) is 13.0 Å². The van der Waals surface area contributed by atoms with E-state index in [4.69, 9.17) is 4.42 Å². The van der Waals surface area contributed by atoms with Crippen LogP contribution in [0.3, 0.4) is 0 Å². The molecule has 1 N–H and O–H groups in total. The number of hydrogen-bond donors (Lipinski definition) is 1. The van der Waals surface area contributed by atoms with Crippen LogP contribution in [0.2, 0.25) is 0 Å². The number of oxazole rings is 1. The van der Waals surface area contributed by atoms with Crippen LogP contribution in [0, 0.1) is 6.92 Å². The standard InChI is InChI=1S/C19H21N5O3/c1-13-10-14(22-18(21-13)23-8-4-5-9-23)11-20-17(25)12-24-15-6-2-3-7-16(15)27-19(24)26/h2-3,6-7,10H,4-5,8-9,11-12H2,1H3,(H,20,25). The fourth-order valence-electron chi connectivity index (χ4n) is 3.32. The number of aromatic nitrogens is 3. The molecule has 140 valence electrons. The minimum atomic E-state index is -0.541. The fourth-order valence-corrected chi connectivity index (χ4v) is 3.32. The molecule has 0 bridgehead atoms. The molecule has 1 saturated heterocycles. The van der Waals surface area contributed by atoms with Gasteiger partial charge in [-0.05, 0) is 38.0 Å². The highest BCUT2D eigenvalue weighted by Gasteiger charge is 2.16. The number of rotatable bonds is 5. The number of amides is 1. The van der Waals surface area contributed by atoms with E-state index >= 15 is 0 Å². The number of nitrogens with zero attached hydrogens (tertiary/aromatic N) is 4. The van der Waals surface area contributed by atoms with Gasteiger partial charge in [0.15, 0.2) is 5.58 Å². The molecule has 1 aliphatic rings. The van der Waals surface area contributed by atoms with Crippen molar-refractivity contribution in [2.45, 2.75) is 32.9 Å². The zero-order valence-corrected chi connectivity index (χ0v) is 15.1. The molecule has 2 aromatic heterocycles. The van der Waals surface area contributed by atoms with Crippen LogP contribution in [-0.4, -0.2) is 33.5 Å². The van der Waals surface area contributed by atoms with Crippen molar-refractivity contribution < 1.29 is 9.21 Å². The summed E-state index contributed by atoms with van der Waals surface area (Å²) in [4.78, 5) is 35.5.